The van der Waals surface area contributed by atoms with Crippen LogP contribution in [0.1, 0.15) is 30.6 Å². The summed E-state index contributed by atoms with van der Waals surface area (Å²) in [5.74, 6) is -0.0833. The molecule has 1 aliphatic heterocycles. The van der Waals surface area contributed by atoms with Gasteiger partial charge in [-0.3, -0.25) is 4.79 Å². The fourth-order valence-electron chi connectivity index (χ4n) is 2.11. The summed E-state index contributed by atoms with van der Waals surface area (Å²) < 4.78 is 0.707. The van der Waals surface area contributed by atoms with E-state index in [1.165, 1.54) is 11.3 Å². The number of aliphatic hydroxyl groups excluding tert-OH is 1. The Kier molecular flexibility index (Phi) is 4.07. The van der Waals surface area contributed by atoms with Gasteiger partial charge in [0.05, 0.1) is 16.4 Å². The largest absolute Gasteiger partial charge is 0.391 e. The smallest absolute Gasteiger partial charge is 0.230 e. The number of carbonyl (C=O) groups is 1. The molecule has 0 aliphatic carbocycles. The van der Waals surface area contributed by atoms with Crippen molar-refractivity contribution < 1.29 is 9.90 Å². The number of likely N-dealkylation sites (tertiary alicyclic amines) is 1. The number of hydrogen-bond acceptors (Lipinski definition) is 3. The summed E-state index contributed by atoms with van der Waals surface area (Å²) in [5.41, 5.74) is 0. The molecule has 0 aromatic carbocycles. The Bertz CT molecular complexity index is 407. The predicted octanol–water partition coefficient (Wildman–Crippen LogP) is 2.49. The van der Waals surface area contributed by atoms with Crippen LogP contribution in [0.5, 0.6) is 0 Å². The Morgan fingerprint density at radius 1 is 1.65 bits per heavy atom. The first kappa shape index (κ1) is 12.9. The molecule has 3 nitrogen and oxygen atoms in total. The van der Waals surface area contributed by atoms with E-state index in [1.54, 1.807) is 4.90 Å². The van der Waals surface area contributed by atoms with E-state index in [9.17, 15) is 9.90 Å². The summed E-state index contributed by atoms with van der Waals surface area (Å²) in [6.07, 6.45) is 1.31. The van der Waals surface area contributed by atoms with Gasteiger partial charge in [-0.15, -0.1) is 11.3 Å². The van der Waals surface area contributed by atoms with Crippen LogP contribution in [0.15, 0.2) is 12.1 Å². The summed E-state index contributed by atoms with van der Waals surface area (Å²) in [6, 6.07) is 3.71. The quantitative estimate of drug-likeness (QED) is 0.899. The van der Waals surface area contributed by atoms with Gasteiger partial charge in [-0.2, -0.15) is 0 Å². The zero-order valence-electron chi connectivity index (χ0n) is 9.73. The molecule has 1 aliphatic rings. The molecule has 2 heterocycles. The first-order valence-electron chi connectivity index (χ1n) is 5.80. The zero-order valence-corrected chi connectivity index (χ0v) is 11.3. The van der Waals surface area contributed by atoms with Crippen molar-refractivity contribution >= 4 is 28.8 Å². The van der Waals surface area contributed by atoms with Crippen molar-refractivity contribution in [2.75, 3.05) is 13.1 Å². The maximum atomic E-state index is 12.2. The Hall–Kier alpha value is -0.580. The Balaban J connectivity index is 2.04. The SMILES string of the molecule is CC(C(=O)N1CCCC(O)C1)c1ccc(Cl)s1. The number of carbonyl (C=O) groups excluding carboxylic acids is 1. The van der Waals surface area contributed by atoms with Crippen LogP contribution in [0.25, 0.3) is 0 Å². The van der Waals surface area contributed by atoms with Crippen molar-refractivity contribution in [1.29, 1.82) is 0 Å². The van der Waals surface area contributed by atoms with Crippen molar-refractivity contribution in [1.82, 2.24) is 4.90 Å². The number of nitrogens with zero attached hydrogens (tertiary/aromatic N) is 1. The highest BCUT2D eigenvalue weighted by atomic mass is 35.5. The van der Waals surface area contributed by atoms with Crippen LogP contribution >= 0.6 is 22.9 Å². The molecule has 5 heteroatoms. The second kappa shape index (κ2) is 5.38. The molecule has 2 atom stereocenters. The van der Waals surface area contributed by atoms with E-state index in [0.717, 1.165) is 24.3 Å². The van der Waals surface area contributed by atoms with Crippen LogP contribution in [0, 0.1) is 0 Å². The molecule has 0 spiro atoms. The van der Waals surface area contributed by atoms with Crippen LogP contribution in [0.4, 0.5) is 0 Å². The number of thiophene rings is 1. The lowest BCUT2D eigenvalue weighted by atomic mass is 10.0. The summed E-state index contributed by atoms with van der Waals surface area (Å²) >= 11 is 7.32. The standard InChI is InChI=1S/C12H16ClNO2S/c1-8(10-4-5-11(13)17-10)12(16)14-6-2-3-9(15)7-14/h4-5,8-9,15H,2-3,6-7H2,1H3. The highest BCUT2D eigenvalue weighted by molar-refractivity contribution is 7.16. The second-order valence-electron chi connectivity index (χ2n) is 4.44. The first-order valence-corrected chi connectivity index (χ1v) is 6.99. The van der Waals surface area contributed by atoms with E-state index in [2.05, 4.69) is 0 Å². The molecule has 94 valence electrons. The molecule has 17 heavy (non-hydrogen) atoms. The number of rotatable bonds is 2. The van der Waals surface area contributed by atoms with Crippen molar-refractivity contribution in [3.8, 4) is 0 Å². The van der Waals surface area contributed by atoms with Gasteiger partial charge in [-0.05, 0) is 31.9 Å². The minimum atomic E-state index is -0.369. The number of amides is 1. The normalized spacial score (nSPS) is 22.5. The first-order chi connectivity index (χ1) is 8.08. The molecular formula is C12H16ClNO2S. The maximum Gasteiger partial charge on any atom is 0.230 e. The van der Waals surface area contributed by atoms with Gasteiger partial charge in [0, 0.05) is 18.0 Å². The number of β-amino-alcohol motifs (C(OH)–C–C–N with tert-alkyl or cyclic N) is 1. The zero-order chi connectivity index (χ0) is 12.4. The molecule has 1 aromatic rings. The minimum absolute atomic E-state index is 0.0854. The average Bonchev–Trinajstić information content (AvgIpc) is 2.74. The van der Waals surface area contributed by atoms with Gasteiger partial charge < -0.3 is 10.0 Å². The third kappa shape index (κ3) is 3.00. The van der Waals surface area contributed by atoms with Gasteiger partial charge >= 0.3 is 0 Å². The summed E-state index contributed by atoms with van der Waals surface area (Å²) in [6.45, 7) is 3.10. The van der Waals surface area contributed by atoms with Gasteiger partial charge in [-0.25, -0.2) is 0 Å². The molecule has 1 aromatic heterocycles. The van der Waals surface area contributed by atoms with E-state index in [-0.39, 0.29) is 17.9 Å². The maximum absolute atomic E-state index is 12.2. The second-order valence-corrected chi connectivity index (χ2v) is 6.19. The summed E-state index contributed by atoms with van der Waals surface area (Å²) in [5, 5.41) is 9.57. The molecule has 1 N–H and O–H groups in total. The number of halogens is 1. The number of piperidine rings is 1. The van der Waals surface area contributed by atoms with Crippen molar-refractivity contribution in [3.63, 3.8) is 0 Å². The fraction of sp³-hybridized carbons (Fsp3) is 0.583. The molecule has 0 radical (unpaired) electrons. The van der Waals surface area contributed by atoms with E-state index in [0.29, 0.717) is 10.9 Å². The van der Waals surface area contributed by atoms with E-state index in [4.69, 9.17) is 11.6 Å². The topological polar surface area (TPSA) is 40.5 Å². The monoisotopic (exact) mass is 273 g/mol. The molecule has 0 bridgehead atoms. The molecule has 2 unspecified atom stereocenters. The van der Waals surface area contributed by atoms with Crippen molar-refractivity contribution in [2.24, 2.45) is 0 Å². The van der Waals surface area contributed by atoms with Crippen molar-refractivity contribution in [3.05, 3.63) is 21.3 Å². The molecule has 0 saturated carbocycles. The molecular weight excluding hydrogens is 258 g/mol. The van der Waals surface area contributed by atoms with E-state index < -0.39 is 0 Å². The average molecular weight is 274 g/mol. The van der Waals surface area contributed by atoms with Gasteiger partial charge in [0.25, 0.3) is 0 Å². The van der Waals surface area contributed by atoms with Gasteiger partial charge in [0.15, 0.2) is 0 Å². The Morgan fingerprint density at radius 2 is 2.41 bits per heavy atom. The fourth-order valence-corrected chi connectivity index (χ4v) is 3.22. The van der Waals surface area contributed by atoms with Crippen LogP contribution in [-0.2, 0) is 4.79 Å². The van der Waals surface area contributed by atoms with Gasteiger partial charge in [0.1, 0.15) is 0 Å². The summed E-state index contributed by atoms with van der Waals surface area (Å²) in [7, 11) is 0. The minimum Gasteiger partial charge on any atom is -0.391 e. The lowest BCUT2D eigenvalue weighted by Gasteiger charge is -2.31. The van der Waals surface area contributed by atoms with Crippen LogP contribution in [0.3, 0.4) is 0 Å². The highest BCUT2D eigenvalue weighted by Gasteiger charge is 2.27. The van der Waals surface area contributed by atoms with Gasteiger partial charge in [-0.1, -0.05) is 11.6 Å². The Labute approximate surface area is 110 Å². The molecule has 1 fully saturated rings. The van der Waals surface area contributed by atoms with Crippen LogP contribution < -0.4 is 0 Å². The molecule has 1 amide bonds. The highest BCUT2D eigenvalue weighted by Crippen LogP contribution is 2.29. The van der Waals surface area contributed by atoms with E-state index in [1.807, 2.05) is 19.1 Å². The molecule has 2 rings (SSSR count). The lowest BCUT2D eigenvalue weighted by Crippen LogP contribution is -2.43. The molecule has 1 saturated heterocycles. The third-order valence-electron chi connectivity index (χ3n) is 3.10. The Morgan fingerprint density at radius 3 is 3.00 bits per heavy atom. The van der Waals surface area contributed by atoms with E-state index >= 15 is 0 Å². The van der Waals surface area contributed by atoms with Gasteiger partial charge in [0.2, 0.25) is 5.91 Å². The summed E-state index contributed by atoms with van der Waals surface area (Å²) in [4.78, 5) is 15.0. The van der Waals surface area contributed by atoms with Crippen LogP contribution in [0.2, 0.25) is 4.34 Å². The number of hydrogen-bond donors (Lipinski definition) is 1. The van der Waals surface area contributed by atoms with Crippen LogP contribution in [-0.4, -0.2) is 35.1 Å². The lowest BCUT2D eigenvalue weighted by molar-refractivity contribution is -0.135. The predicted molar refractivity (Wildman–Crippen MR) is 69.6 cm³/mol. The third-order valence-corrected chi connectivity index (χ3v) is 4.51. The number of aliphatic hydroxyl groups is 1. The van der Waals surface area contributed by atoms with Crippen molar-refractivity contribution in [2.45, 2.75) is 31.8 Å².